The van der Waals surface area contributed by atoms with Crippen molar-refractivity contribution in [3.8, 4) is 5.75 Å². The molecule has 4 heteroatoms. The van der Waals surface area contributed by atoms with Gasteiger partial charge in [0.15, 0.2) is 0 Å². The molecule has 178 valence electrons. The molecule has 1 aromatic heterocycles. The number of rotatable bonds is 5. The van der Waals surface area contributed by atoms with Crippen LogP contribution in [0.2, 0.25) is 0 Å². The third kappa shape index (κ3) is 4.17. The van der Waals surface area contributed by atoms with Crippen molar-refractivity contribution in [1.29, 1.82) is 0 Å². The number of phenolic OH excluding ortho intramolecular Hbond substituents is 1. The zero-order chi connectivity index (χ0) is 23.9. The van der Waals surface area contributed by atoms with Crippen LogP contribution in [0, 0.1) is 12.8 Å². The molecule has 0 unspecified atom stereocenters. The van der Waals surface area contributed by atoms with Crippen molar-refractivity contribution in [3.63, 3.8) is 0 Å². The molecule has 1 N–H and O–H groups in total. The molecule has 1 aliphatic carbocycles. The maximum absolute atomic E-state index is 12.8. The van der Waals surface area contributed by atoms with E-state index in [1.54, 1.807) is 6.07 Å². The van der Waals surface area contributed by atoms with Crippen LogP contribution >= 0.6 is 0 Å². The monoisotopic (exact) mass is 467 g/mol. The Hall–Kier alpha value is -3.37. The second kappa shape index (κ2) is 9.01. The molecule has 0 spiro atoms. The standard InChI is InChI=1S/C31H30FNO2/c1-20-5-2-3-7-27(20)29-8-4-6-22-14-25(34)10-11-28(22)31(29)23-9-12-30-24(13-23)15-26(35-30)19-33-17-21(16-32)18-33/h2-3,5,7,9-15,21,34H,4,6,8,16-19H2,1H3. The van der Waals surface area contributed by atoms with E-state index >= 15 is 0 Å². The SMILES string of the molecule is Cc1ccccc1C1=C(c2ccc3oc(CN4CC(CF)C4)cc3c2)c2ccc(O)cc2CCC1. The van der Waals surface area contributed by atoms with Crippen molar-refractivity contribution < 1.29 is 13.9 Å². The average Bonchev–Trinajstić information content (AvgIpc) is 3.14. The number of hydrogen-bond acceptors (Lipinski definition) is 3. The van der Waals surface area contributed by atoms with E-state index in [2.05, 4.69) is 66.4 Å². The maximum Gasteiger partial charge on any atom is 0.134 e. The summed E-state index contributed by atoms with van der Waals surface area (Å²) in [5, 5.41) is 11.3. The lowest BCUT2D eigenvalue weighted by atomic mass is 9.86. The van der Waals surface area contributed by atoms with Crippen LogP contribution in [0.4, 0.5) is 4.39 Å². The average molecular weight is 468 g/mol. The van der Waals surface area contributed by atoms with Crippen molar-refractivity contribution in [3.05, 3.63) is 100 Å². The van der Waals surface area contributed by atoms with Gasteiger partial charge in [-0.2, -0.15) is 0 Å². The predicted molar refractivity (Wildman–Crippen MR) is 139 cm³/mol. The largest absolute Gasteiger partial charge is 0.508 e. The normalized spacial score (nSPS) is 16.9. The van der Waals surface area contributed by atoms with Gasteiger partial charge in [-0.05, 0) is 95.5 Å². The fourth-order valence-corrected chi connectivity index (χ4v) is 5.74. The summed E-state index contributed by atoms with van der Waals surface area (Å²) >= 11 is 0. The highest BCUT2D eigenvalue weighted by Crippen LogP contribution is 2.42. The number of alkyl halides is 1. The minimum Gasteiger partial charge on any atom is -0.508 e. The van der Waals surface area contributed by atoms with E-state index in [0.29, 0.717) is 5.75 Å². The van der Waals surface area contributed by atoms with E-state index in [4.69, 9.17) is 4.42 Å². The van der Waals surface area contributed by atoms with Gasteiger partial charge in [0, 0.05) is 24.4 Å². The van der Waals surface area contributed by atoms with Crippen molar-refractivity contribution in [2.24, 2.45) is 5.92 Å². The van der Waals surface area contributed by atoms with Crippen LogP contribution in [0.5, 0.6) is 5.75 Å². The lowest BCUT2D eigenvalue weighted by Gasteiger charge is -2.36. The molecular weight excluding hydrogens is 437 g/mol. The molecule has 3 aromatic carbocycles. The number of allylic oxidation sites excluding steroid dienone is 1. The van der Waals surface area contributed by atoms with Crippen LogP contribution in [0.3, 0.4) is 0 Å². The number of likely N-dealkylation sites (tertiary alicyclic amines) is 1. The van der Waals surface area contributed by atoms with Gasteiger partial charge in [0.2, 0.25) is 0 Å². The highest BCUT2D eigenvalue weighted by atomic mass is 19.1. The minimum absolute atomic E-state index is 0.174. The molecular formula is C31H30FNO2. The Morgan fingerprint density at radius 3 is 2.66 bits per heavy atom. The Morgan fingerprint density at radius 1 is 0.971 bits per heavy atom. The van der Waals surface area contributed by atoms with Gasteiger partial charge >= 0.3 is 0 Å². The lowest BCUT2D eigenvalue weighted by Crippen LogP contribution is -2.46. The first-order valence-electron chi connectivity index (χ1n) is 12.5. The summed E-state index contributed by atoms with van der Waals surface area (Å²) in [6.07, 6.45) is 2.96. The van der Waals surface area contributed by atoms with Crippen LogP contribution in [0.25, 0.3) is 22.1 Å². The summed E-state index contributed by atoms with van der Waals surface area (Å²) in [6, 6.07) is 23.0. The molecule has 1 aliphatic heterocycles. The second-order valence-electron chi connectivity index (χ2n) is 10.0. The number of fused-ring (bicyclic) bond motifs is 2. The summed E-state index contributed by atoms with van der Waals surface area (Å²) < 4.78 is 18.9. The number of benzene rings is 3. The molecule has 2 heterocycles. The fraction of sp³-hybridized carbons (Fsp3) is 0.290. The highest BCUT2D eigenvalue weighted by molar-refractivity contribution is 6.02. The van der Waals surface area contributed by atoms with Gasteiger partial charge in [-0.25, -0.2) is 0 Å². The van der Waals surface area contributed by atoms with E-state index < -0.39 is 0 Å². The predicted octanol–water partition coefficient (Wildman–Crippen LogP) is 7.14. The summed E-state index contributed by atoms with van der Waals surface area (Å²) in [7, 11) is 0. The van der Waals surface area contributed by atoms with Crippen molar-refractivity contribution in [2.45, 2.75) is 32.7 Å². The zero-order valence-electron chi connectivity index (χ0n) is 20.1. The van der Waals surface area contributed by atoms with E-state index in [9.17, 15) is 9.50 Å². The topological polar surface area (TPSA) is 36.6 Å². The number of aromatic hydroxyl groups is 1. The van der Waals surface area contributed by atoms with Crippen molar-refractivity contribution in [1.82, 2.24) is 4.90 Å². The Morgan fingerprint density at radius 2 is 1.83 bits per heavy atom. The molecule has 0 amide bonds. The lowest BCUT2D eigenvalue weighted by molar-refractivity contribution is 0.0677. The highest BCUT2D eigenvalue weighted by Gasteiger charge is 2.27. The van der Waals surface area contributed by atoms with Crippen LogP contribution in [0.1, 0.15) is 46.4 Å². The third-order valence-electron chi connectivity index (χ3n) is 7.49. The Labute approximate surface area is 205 Å². The molecule has 1 fully saturated rings. The minimum atomic E-state index is -0.239. The summed E-state index contributed by atoms with van der Waals surface area (Å²) in [6.45, 7) is 4.26. The molecule has 3 nitrogen and oxygen atoms in total. The molecule has 4 aromatic rings. The van der Waals surface area contributed by atoms with Gasteiger partial charge < -0.3 is 9.52 Å². The van der Waals surface area contributed by atoms with E-state index in [0.717, 1.165) is 55.6 Å². The maximum atomic E-state index is 12.8. The molecule has 35 heavy (non-hydrogen) atoms. The summed E-state index contributed by atoms with van der Waals surface area (Å²) in [4.78, 5) is 2.23. The van der Waals surface area contributed by atoms with Gasteiger partial charge in [-0.3, -0.25) is 9.29 Å². The van der Waals surface area contributed by atoms with Crippen LogP contribution in [-0.2, 0) is 13.0 Å². The molecule has 0 bridgehead atoms. The van der Waals surface area contributed by atoms with Crippen molar-refractivity contribution >= 4 is 22.1 Å². The van der Waals surface area contributed by atoms with Gasteiger partial charge in [-0.15, -0.1) is 0 Å². The number of furan rings is 1. The van der Waals surface area contributed by atoms with Crippen LogP contribution < -0.4 is 0 Å². The molecule has 0 radical (unpaired) electrons. The van der Waals surface area contributed by atoms with Crippen LogP contribution in [-0.4, -0.2) is 29.8 Å². The molecule has 0 atom stereocenters. The summed E-state index contributed by atoms with van der Waals surface area (Å²) in [5.74, 6) is 1.42. The number of phenols is 1. The quantitative estimate of drug-likeness (QED) is 0.339. The molecule has 6 rings (SSSR count). The number of aryl methyl sites for hydroxylation is 2. The first-order valence-corrected chi connectivity index (χ1v) is 12.5. The first-order chi connectivity index (χ1) is 17.1. The fourth-order valence-electron chi connectivity index (χ4n) is 5.74. The number of hydrogen-bond donors (Lipinski definition) is 1. The van der Waals surface area contributed by atoms with E-state index in [1.165, 1.54) is 39.0 Å². The Kier molecular flexibility index (Phi) is 5.69. The molecule has 1 saturated heterocycles. The molecule has 2 aliphatic rings. The Bertz CT molecular complexity index is 1430. The number of halogens is 1. The van der Waals surface area contributed by atoms with Gasteiger partial charge in [0.05, 0.1) is 13.2 Å². The van der Waals surface area contributed by atoms with Crippen LogP contribution in [0.15, 0.2) is 71.1 Å². The zero-order valence-corrected chi connectivity index (χ0v) is 20.1. The first kappa shape index (κ1) is 22.1. The smallest absolute Gasteiger partial charge is 0.134 e. The summed E-state index contributed by atoms with van der Waals surface area (Å²) in [5.41, 5.74) is 9.59. The van der Waals surface area contributed by atoms with Gasteiger partial charge in [0.25, 0.3) is 0 Å². The Balaban J connectivity index is 1.46. The second-order valence-corrected chi connectivity index (χ2v) is 10.0. The number of nitrogens with zero attached hydrogens (tertiary/aromatic N) is 1. The van der Waals surface area contributed by atoms with E-state index in [1.807, 2.05) is 6.07 Å². The third-order valence-corrected chi connectivity index (χ3v) is 7.49. The molecule has 0 saturated carbocycles. The van der Waals surface area contributed by atoms with Crippen molar-refractivity contribution in [2.75, 3.05) is 19.8 Å². The van der Waals surface area contributed by atoms with Gasteiger partial charge in [-0.1, -0.05) is 36.4 Å². The van der Waals surface area contributed by atoms with E-state index in [-0.39, 0.29) is 12.6 Å². The van der Waals surface area contributed by atoms with Gasteiger partial charge in [0.1, 0.15) is 17.1 Å².